The molecule has 4 nitrogen and oxygen atoms in total. The molecule has 1 aromatic rings. The van der Waals surface area contributed by atoms with Crippen molar-refractivity contribution in [1.29, 1.82) is 0 Å². The summed E-state index contributed by atoms with van der Waals surface area (Å²) in [5.41, 5.74) is 0.651. The van der Waals surface area contributed by atoms with Crippen molar-refractivity contribution in [2.45, 2.75) is 45.1 Å². The standard InChI is InChI=1S/C14H21N3O/c1-2-9-15-13-12(8-5-10-16-13)14(18)17-11-6-3-4-7-11/h5,8,10-11H,2-4,6-7,9H2,1H3,(H,15,16)(H,17,18). The quantitative estimate of drug-likeness (QED) is 0.840. The zero-order valence-corrected chi connectivity index (χ0v) is 10.9. The molecule has 0 atom stereocenters. The van der Waals surface area contributed by atoms with Crippen LogP contribution in [-0.4, -0.2) is 23.5 Å². The molecular formula is C14H21N3O. The van der Waals surface area contributed by atoms with E-state index in [2.05, 4.69) is 22.5 Å². The Hall–Kier alpha value is -1.58. The molecule has 4 heteroatoms. The normalized spacial score (nSPS) is 15.6. The number of hydrogen-bond acceptors (Lipinski definition) is 3. The highest BCUT2D eigenvalue weighted by atomic mass is 16.1. The van der Waals surface area contributed by atoms with E-state index in [-0.39, 0.29) is 5.91 Å². The molecule has 2 rings (SSSR count). The number of anilines is 1. The number of carbonyl (C=O) groups is 1. The third-order valence-electron chi connectivity index (χ3n) is 3.29. The minimum atomic E-state index is -0.00592. The largest absolute Gasteiger partial charge is 0.369 e. The molecule has 0 aliphatic heterocycles. The molecule has 1 amide bonds. The molecule has 0 bridgehead atoms. The lowest BCUT2D eigenvalue weighted by Gasteiger charge is -2.14. The van der Waals surface area contributed by atoms with Crippen LogP contribution in [0.15, 0.2) is 18.3 Å². The van der Waals surface area contributed by atoms with Gasteiger partial charge in [-0.25, -0.2) is 4.98 Å². The summed E-state index contributed by atoms with van der Waals surface area (Å²) < 4.78 is 0. The summed E-state index contributed by atoms with van der Waals surface area (Å²) in [6, 6.07) is 3.98. The average molecular weight is 247 g/mol. The van der Waals surface area contributed by atoms with E-state index in [1.165, 1.54) is 12.8 Å². The fourth-order valence-corrected chi connectivity index (χ4v) is 2.31. The molecule has 0 spiro atoms. The zero-order valence-electron chi connectivity index (χ0n) is 10.9. The van der Waals surface area contributed by atoms with Crippen LogP contribution in [0, 0.1) is 0 Å². The molecule has 0 saturated heterocycles. The third-order valence-corrected chi connectivity index (χ3v) is 3.29. The van der Waals surface area contributed by atoms with Crippen molar-refractivity contribution in [2.24, 2.45) is 0 Å². The van der Waals surface area contributed by atoms with E-state index in [1.807, 2.05) is 6.07 Å². The number of pyridine rings is 1. The van der Waals surface area contributed by atoms with Crippen molar-refractivity contribution in [1.82, 2.24) is 10.3 Å². The van der Waals surface area contributed by atoms with Gasteiger partial charge in [-0.15, -0.1) is 0 Å². The van der Waals surface area contributed by atoms with Gasteiger partial charge in [0.25, 0.3) is 5.91 Å². The van der Waals surface area contributed by atoms with E-state index in [9.17, 15) is 4.79 Å². The van der Waals surface area contributed by atoms with Crippen LogP contribution in [-0.2, 0) is 0 Å². The Balaban J connectivity index is 2.03. The van der Waals surface area contributed by atoms with Crippen molar-refractivity contribution >= 4 is 11.7 Å². The zero-order chi connectivity index (χ0) is 12.8. The fraction of sp³-hybridized carbons (Fsp3) is 0.571. The average Bonchev–Trinajstić information content (AvgIpc) is 2.89. The van der Waals surface area contributed by atoms with Gasteiger partial charge in [0.1, 0.15) is 5.82 Å². The summed E-state index contributed by atoms with van der Waals surface area (Å²) in [5.74, 6) is 0.684. The summed E-state index contributed by atoms with van der Waals surface area (Å²) >= 11 is 0. The molecule has 1 aliphatic rings. The van der Waals surface area contributed by atoms with Gasteiger partial charge >= 0.3 is 0 Å². The van der Waals surface area contributed by atoms with Crippen LogP contribution in [0.25, 0.3) is 0 Å². The number of carbonyl (C=O) groups excluding carboxylic acids is 1. The van der Waals surface area contributed by atoms with E-state index in [1.54, 1.807) is 12.3 Å². The first-order valence-corrected chi connectivity index (χ1v) is 6.81. The Bertz CT molecular complexity index is 400. The first-order valence-electron chi connectivity index (χ1n) is 6.81. The molecule has 1 aromatic heterocycles. The minimum absolute atomic E-state index is 0.00592. The Morgan fingerprint density at radius 2 is 2.22 bits per heavy atom. The lowest BCUT2D eigenvalue weighted by Crippen LogP contribution is -2.33. The van der Waals surface area contributed by atoms with Gasteiger partial charge in [-0.3, -0.25) is 4.79 Å². The minimum Gasteiger partial charge on any atom is -0.369 e. The summed E-state index contributed by atoms with van der Waals surface area (Å²) in [5, 5.41) is 6.29. The smallest absolute Gasteiger partial charge is 0.255 e. The first-order chi connectivity index (χ1) is 8.81. The second-order valence-corrected chi connectivity index (χ2v) is 4.78. The van der Waals surface area contributed by atoms with E-state index in [4.69, 9.17) is 0 Å². The Morgan fingerprint density at radius 3 is 2.94 bits per heavy atom. The van der Waals surface area contributed by atoms with E-state index >= 15 is 0 Å². The Kier molecular flexibility index (Phi) is 4.56. The summed E-state index contributed by atoms with van der Waals surface area (Å²) in [4.78, 5) is 16.4. The molecular weight excluding hydrogens is 226 g/mol. The van der Waals surface area contributed by atoms with Crippen molar-refractivity contribution in [2.75, 3.05) is 11.9 Å². The highest BCUT2D eigenvalue weighted by Crippen LogP contribution is 2.19. The van der Waals surface area contributed by atoms with Crippen LogP contribution < -0.4 is 10.6 Å². The molecule has 0 unspecified atom stereocenters. The van der Waals surface area contributed by atoms with Gasteiger partial charge in [-0.1, -0.05) is 19.8 Å². The van der Waals surface area contributed by atoms with Crippen LogP contribution in [0.3, 0.4) is 0 Å². The van der Waals surface area contributed by atoms with Crippen molar-refractivity contribution in [3.63, 3.8) is 0 Å². The van der Waals surface area contributed by atoms with Crippen molar-refractivity contribution in [3.05, 3.63) is 23.9 Å². The lowest BCUT2D eigenvalue weighted by atomic mass is 10.2. The summed E-state index contributed by atoms with van der Waals surface area (Å²) in [6.07, 6.45) is 7.37. The molecule has 18 heavy (non-hydrogen) atoms. The molecule has 0 radical (unpaired) electrons. The topological polar surface area (TPSA) is 54.0 Å². The maximum Gasteiger partial charge on any atom is 0.255 e. The maximum absolute atomic E-state index is 12.2. The fourth-order valence-electron chi connectivity index (χ4n) is 2.31. The molecule has 1 saturated carbocycles. The SMILES string of the molecule is CCCNc1ncccc1C(=O)NC1CCCC1. The monoisotopic (exact) mass is 247 g/mol. The van der Waals surface area contributed by atoms with Gasteiger partial charge in [0.05, 0.1) is 5.56 Å². The van der Waals surface area contributed by atoms with Crippen LogP contribution in [0.2, 0.25) is 0 Å². The number of aromatic nitrogens is 1. The molecule has 2 N–H and O–H groups in total. The van der Waals surface area contributed by atoms with Crippen LogP contribution >= 0.6 is 0 Å². The number of rotatable bonds is 5. The predicted octanol–water partition coefficient (Wildman–Crippen LogP) is 2.58. The van der Waals surface area contributed by atoms with Gasteiger partial charge in [0, 0.05) is 18.8 Å². The van der Waals surface area contributed by atoms with Gasteiger partial charge < -0.3 is 10.6 Å². The van der Waals surface area contributed by atoms with E-state index < -0.39 is 0 Å². The van der Waals surface area contributed by atoms with Crippen molar-refractivity contribution in [3.8, 4) is 0 Å². The van der Waals surface area contributed by atoms with Gasteiger partial charge in [0.15, 0.2) is 0 Å². The highest BCUT2D eigenvalue weighted by molar-refractivity contribution is 5.98. The maximum atomic E-state index is 12.2. The predicted molar refractivity (Wildman–Crippen MR) is 72.7 cm³/mol. The van der Waals surface area contributed by atoms with Gasteiger partial charge in [-0.05, 0) is 31.4 Å². The second-order valence-electron chi connectivity index (χ2n) is 4.78. The van der Waals surface area contributed by atoms with Crippen LogP contribution in [0.1, 0.15) is 49.4 Å². The van der Waals surface area contributed by atoms with Crippen LogP contribution in [0.5, 0.6) is 0 Å². The van der Waals surface area contributed by atoms with Crippen LogP contribution in [0.4, 0.5) is 5.82 Å². The summed E-state index contributed by atoms with van der Waals surface area (Å²) in [6.45, 7) is 2.93. The number of hydrogen-bond donors (Lipinski definition) is 2. The van der Waals surface area contributed by atoms with Gasteiger partial charge in [-0.2, -0.15) is 0 Å². The first kappa shape index (κ1) is 12.9. The lowest BCUT2D eigenvalue weighted by molar-refractivity contribution is 0.0938. The molecule has 1 fully saturated rings. The Morgan fingerprint density at radius 1 is 1.44 bits per heavy atom. The van der Waals surface area contributed by atoms with Gasteiger partial charge in [0.2, 0.25) is 0 Å². The molecule has 1 aliphatic carbocycles. The number of nitrogens with one attached hydrogen (secondary N) is 2. The highest BCUT2D eigenvalue weighted by Gasteiger charge is 2.19. The molecule has 98 valence electrons. The van der Waals surface area contributed by atoms with E-state index in [0.717, 1.165) is 25.8 Å². The third kappa shape index (κ3) is 3.22. The Labute approximate surface area is 108 Å². The molecule has 1 heterocycles. The number of nitrogens with zero attached hydrogens (tertiary/aromatic N) is 1. The summed E-state index contributed by atoms with van der Waals surface area (Å²) in [7, 11) is 0. The number of amides is 1. The van der Waals surface area contributed by atoms with Crippen molar-refractivity contribution < 1.29 is 4.79 Å². The van der Waals surface area contributed by atoms with E-state index in [0.29, 0.717) is 17.4 Å². The second kappa shape index (κ2) is 6.38. The molecule has 0 aromatic carbocycles.